The number of allylic oxidation sites excluding steroid dienone is 1. The minimum absolute atomic E-state index is 0.0330. The number of rotatable bonds is 8. The molecule has 0 aliphatic carbocycles. The number of thiophene rings is 1. The average molecular weight is 594 g/mol. The number of nitrogens with zero attached hydrogens (tertiary/aromatic N) is 3. The summed E-state index contributed by atoms with van der Waals surface area (Å²) in [5.41, 5.74) is 1.34. The lowest BCUT2D eigenvalue weighted by Gasteiger charge is -2.33. The zero-order valence-corrected chi connectivity index (χ0v) is 24.5. The number of anilines is 1. The molecule has 1 aromatic carbocycles. The second kappa shape index (κ2) is 15.0. The molecule has 1 aromatic heterocycles. The lowest BCUT2D eigenvalue weighted by Crippen LogP contribution is -2.42. The van der Waals surface area contributed by atoms with E-state index in [0.717, 1.165) is 54.5 Å². The monoisotopic (exact) mass is 593 g/mol. The van der Waals surface area contributed by atoms with Crippen molar-refractivity contribution >= 4 is 44.1 Å². The SMILES string of the molecule is COc1ccc(/C(C#N)=C/c2ccc(N3CCC(OC(=O)CN4CCOCC4)CC3)s2)cc1OC.CS(=O)(=O)O. The molecule has 11 nitrogen and oxygen atoms in total. The van der Waals surface area contributed by atoms with Gasteiger partial charge in [0.25, 0.3) is 10.1 Å². The molecule has 2 fully saturated rings. The molecule has 2 aliphatic heterocycles. The normalized spacial score (nSPS) is 16.9. The summed E-state index contributed by atoms with van der Waals surface area (Å²) in [4.78, 5) is 17.7. The van der Waals surface area contributed by atoms with E-state index in [9.17, 15) is 18.5 Å². The third-order valence-electron chi connectivity index (χ3n) is 6.22. The highest BCUT2D eigenvalue weighted by molar-refractivity contribution is 7.85. The Morgan fingerprint density at radius 2 is 1.77 bits per heavy atom. The number of piperidine rings is 1. The number of carbonyl (C=O) groups excluding carboxylic acids is 1. The van der Waals surface area contributed by atoms with E-state index in [2.05, 4.69) is 21.9 Å². The maximum atomic E-state index is 12.3. The fourth-order valence-electron chi connectivity index (χ4n) is 4.27. The Kier molecular flexibility index (Phi) is 11.8. The largest absolute Gasteiger partial charge is 0.493 e. The lowest BCUT2D eigenvalue weighted by atomic mass is 10.1. The second-order valence-electron chi connectivity index (χ2n) is 9.21. The summed E-state index contributed by atoms with van der Waals surface area (Å²) in [6.45, 7) is 4.91. The highest BCUT2D eigenvalue weighted by Gasteiger charge is 2.24. The quantitative estimate of drug-likeness (QED) is 0.274. The van der Waals surface area contributed by atoms with Crippen molar-refractivity contribution in [1.82, 2.24) is 4.90 Å². The van der Waals surface area contributed by atoms with Gasteiger partial charge < -0.3 is 23.8 Å². The van der Waals surface area contributed by atoms with E-state index in [1.807, 2.05) is 24.3 Å². The molecule has 218 valence electrons. The van der Waals surface area contributed by atoms with E-state index < -0.39 is 10.1 Å². The zero-order valence-electron chi connectivity index (χ0n) is 22.9. The van der Waals surface area contributed by atoms with Gasteiger partial charge in [0.2, 0.25) is 0 Å². The predicted octanol–water partition coefficient (Wildman–Crippen LogP) is 3.18. The molecular formula is C27H35N3O8S2. The molecule has 2 aliphatic rings. The molecule has 40 heavy (non-hydrogen) atoms. The fraction of sp³-hybridized carbons (Fsp3) is 0.481. The van der Waals surface area contributed by atoms with Crippen LogP contribution in [0.15, 0.2) is 30.3 Å². The first-order valence-electron chi connectivity index (χ1n) is 12.7. The van der Waals surface area contributed by atoms with Gasteiger partial charge in [0.15, 0.2) is 11.5 Å². The van der Waals surface area contributed by atoms with Crippen LogP contribution in [-0.4, -0.2) is 96.4 Å². The van der Waals surface area contributed by atoms with Crippen LogP contribution < -0.4 is 14.4 Å². The summed E-state index contributed by atoms with van der Waals surface area (Å²) in [6.07, 6.45) is 4.21. The van der Waals surface area contributed by atoms with Gasteiger partial charge in [0, 0.05) is 43.9 Å². The van der Waals surface area contributed by atoms with E-state index >= 15 is 0 Å². The fourth-order valence-corrected chi connectivity index (χ4v) is 5.28. The average Bonchev–Trinajstić information content (AvgIpc) is 3.40. The van der Waals surface area contributed by atoms with Gasteiger partial charge in [0.05, 0.1) is 56.9 Å². The maximum Gasteiger partial charge on any atom is 0.320 e. The Morgan fingerprint density at radius 3 is 2.38 bits per heavy atom. The minimum Gasteiger partial charge on any atom is -0.493 e. The molecule has 4 rings (SSSR count). The van der Waals surface area contributed by atoms with Crippen LogP contribution >= 0.6 is 11.3 Å². The van der Waals surface area contributed by atoms with Gasteiger partial charge >= 0.3 is 5.97 Å². The van der Waals surface area contributed by atoms with Crippen LogP contribution in [0.5, 0.6) is 11.5 Å². The van der Waals surface area contributed by atoms with Gasteiger partial charge in [-0.1, -0.05) is 0 Å². The molecule has 13 heteroatoms. The van der Waals surface area contributed by atoms with Gasteiger partial charge in [0.1, 0.15) is 6.10 Å². The second-order valence-corrected chi connectivity index (χ2v) is 11.8. The van der Waals surface area contributed by atoms with Crippen LogP contribution in [0.4, 0.5) is 5.00 Å². The standard InChI is InChI=1S/C26H31N3O5S.CH4O3S/c1-31-23-5-3-19(16-24(23)32-2)20(17-27)15-22-4-6-25(35-22)29-9-7-21(8-10-29)34-26(30)18-28-11-13-33-14-12-28;1-5(2,3)4/h3-6,15-16,21H,7-14,18H2,1-2H3;1H3,(H,2,3,4)/b20-15+;. The van der Waals surface area contributed by atoms with Crippen LogP contribution in [0.2, 0.25) is 0 Å². The van der Waals surface area contributed by atoms with Gasteiger partial charge in [-0.15, -0.1) is 11.3 Å². The molecule has 0 saturated carbocycles. The predicted molar refractivity (Wildman–Crippen MR) is 153 cm³/mol. The highest BCUT2D eigenvalue weighted by Crippen LogP contribution is 2.34. The molecule has 0 unspecified atom stereocenters. The number of benzene rings is 1. The molecule has 0 atom stereocenters. The number of ether oxygens (including phenoxy) is 4. The van der Waals surface area contributed by atoms with Crippen LogP contribution in [-0.2, 0) is 24.4 Å². The number of morpholine rings is 1. The Morgan fingerprint density at radius 1 is 1.12 bits per heavy atom. The molecule has 0 bridgehead atoms. The number of esters is 1. The third-order valence-corrected chi connectivity index (χ3v) is 7.32. The molecular weight excluding hydrogens is 558 g/mol. The van der Waals surface area contributed by atoms with Gasteiger partial charge in [-0.25, -0.2) is 0 Å². The Labute approximate surface area is 239 Å². The highest BCUT2D eigenvalue weighted by atomic mass is 32.2. The van der Waals surface area contributed by atoms with Crippen molar-refractivity contribution in [3.8, 4) is 17.6 Å². The van der Waals surface area contributed by atoms with Crippen molar-refractivity contribution in [3.63, 3.8) is 0 Å². The van der Waals surface area contributed by atoms with E-state index in [4.69, 9.17) is 23.5 Å². The van der Waals surface area contributed by atoms with E-state index in [1.54, 1.807) is 31.6 Å². The van der Waals surface area contributed by atoms with Crippen molar-refractivity contribution in [1.29, 1.82) is 5.26 Å². The molecule has 0 spiro atoms. The Balaban J connectivity index is 0.000000810. The number of hydrogen-bond donors (Lipinski definition) is 1. The molecule has 2 aromatic rings. The molecule has 0 amide bonds. The smallest absolute Gasteiger partial charge is 0.320 e. The van der Waals surface area contributed by atoms with Crippen LogP contribution in [0, 0.1) is 11.3 Å². The van der Waals surface area contributed by atoms with Gasteiger partial charge in [-0.3, -0.25) is 14.2 Å². The molecule has 3 heterocycles. The summed E-state index contributed by atoms with van der Waals surface area (Å²) >= 11 is 1.65. The van der Waals surface area contributed by atoms with E-state index in [1.165, 1.54) is 0 Å². The number of nitriles is 1. The van der Waals surface area contributed by atoms with Crippen molar-refractivity contribution < 1.29 is 36.7 Å². The summed E-state index contributed by atoms with van der Waals surface area (Å²) in [6, 6.07) is 11.9. The van der Waals surface area contributed by atoms with Gasteiger partial charge in [-0.05, 0) is 42.0 Å². The van der Waals surface area contributed by atoms with Gasteiger partial charge in [-0.2, -0.15) is 13.7 Å². The van der Waals surface area contributed by atoms with E-state index in [0.29, 0.717) is 43.1 Å². The van der Waals surface area contributed by atoms with Crippen molar-refractivity contribution in [2.24, 2.45) is 0 Å². The minimum atomic E-state index is -3.67. The summed E-state index contributed by atoms with van der Waals surface area (Å²) < 4.78 is 47.6. The zero-order chi connectivity index (χ0) is 29.1. The third kappa shape index (κ3) is 10.1. The van der Waals surface area contributed by atoms with Crippen molar-refractivity contribution in [2.75, 3.05) is 71.3 Å². The Bertz CT molecular complexity index is 1300. The molecule has 2 saturated heterocycles. The van der Waals surface area contributed by atoms with Crippen molar-refractivity contribution in [3.05, 3.63) is 40.8 Å². The summed E-state index contributed by atoms with van der Waals surface area (Å²) in [5.74, 6) is 1.07. The first-order valence-corrected chi connectivity index (χ1v) is 15.4. The van der Waals surface area contributed by atoms with Crippen LogP contribution in [0.1, 0.15) is 23.3 Å². The first-order chi connectivity index (χ1) is 19.1. The first kappa shape index (κ1) is 31.4. The number of methoxy groups -OCH3 is 2. The summed E-state index contributed by atoms with van der Waals surface area (Å²) in [5, 5.41) is 10.9. The number of carbonyl (C=O) groups is 1. The molecule has 0 radical (unpaired) electrons. The van der Waals surface area contributed by atoms with Crippen LogP contribution in [0.3, 0.4) is 0 Å². The topological polar surface area (TPSA) is 139 Å². The van der Waals surface area contributed by atoms with E-state index in [-0.39, 0.29) is 12.1 Å². The maximum absolute atomic E-state index is 12.3. The van der Waals surface area contributed by atoms with Crippen LogP contribution in [0.25, 0.3) is 11.6 Å². The summed E-state index contributed by atoms with van der Waals surface area (Å²) in [7, 11) is -0.499. The number of hydrogen-bond acceptors (Lipinski definition) is 11. The molecule has 1 N–H and O–H groups in total. The lowest BCUT2D eigenvalue weighted by molar-refractivity contribution is -0.152. The van der Waals surface area contributed by atoms with Crippen molar-refractivity contribution in [2.45, 2.75) is 18.9 Å². The Hall–Kier alpha value is -3.15.